The number of pyridine rings is 1. The van der Waals surface area contributed by atoms with Gasteiger partial charge in [0.1, 0.15) is 0 Å². The molecule has 108 valence electrons. The maximum absolute atomic E-state index is 4.58. The molecule has 0 radical (unpaired) electrons. The zero-order chi connectivity index (χ0) is 14.8. The van der Waals surface area contributed by atoms with Crippen LogP contribution in [0.5, 0.6) is 0 Å². The zero-order valence-electron chi connectivity index (χ0n) is 13.3. The Morgan fingerprint density at radius 3 is 2.45 bits per heavy atom. The molecule has 1 aromatic heterocycles. The molecule has 0 aliphatic carbocycles. The van der Waals surface area contributed by atoms with Crippen LogP contribution in [0.3, 0.4) is 0 Å². The minimum Gasteiger partial charge on any atom is -0.312 e. The first-order valence-corrected chi connectivity index (χ1v) is 7.38. The maximum Gasteiger partial charge on any atom is 0.0702 e. The summed E-state index contributed by atoms with van der Waals surface area (Å²) in [4.78, 5) is 4.58. The Hall–Kier alpha value is -1.41. The van der Waals surface area contributed by atoms with E-state index in [1.165, 1.54) is 10.9 Å². The minimum atomic E-state index is 0.134. The van der Waals surface area contributed by atoms with Gasteiger partial charge in [0.25, 0.3) is 0 Å². The highest BCUT2D eigenvalue weighted by Crippen LogP contribution is 2.28. The Labute approximate surface area is 122 Å². The van der Waals surface area contributed by atoms with Crippen LogP contribution in [0.25, 0.3) is 10.9 Å². The summed E-state index contributed by atoms with van der Waals surface area (Å²) in [7, 11) is 0. The van der Waals surface area contributed by atoms with Gasteiger partial charge in [0.05, 0.1) is 5.52 Å². The van der Waals surface area contributed by atoms with Gasteiger partial charge in [-0.05, 0) is 56.8 Å². The van der Waals surface area contributed by atoms with Crippen molar-refractivity contribution in [1.82, 2.24) is 10.3 Å². The van der Waals surface area contributed by atoms with Crippen LogP contribution < -0.4 is 5.32 Å². The zero-order valence-corrected chi connectivity index (χ0v) is 13.3. The number of benzene rings is 1. The van der Waals surface area contributed by atoms with Crippen molar-refractivity contribution in [2.75, 3.05) is 6.54 Å². The molecule has 0 fully saturated rings. The van der Waals surface area contributed by atoms with E-state index in [1.807, 2.05) is 12.3 Å². The average molecular weight is 270 g/mol. The summed E-state index contributed by atoms with van der Waals surface area (Å²) in [6, 6.07) is 10.6. The van der Waals surface area contributed by atoms with E-state index in [-0.39, 0.29) is 11.0 Å². The van der Waals surface area contributed by atoms with Crippen molar-refractivity contribution < 1.29 is 0 Å². The Balaban J connectivity index is 2.14. The number of hydrogen-bond donors (Lipinski definition) is 1. The number of nitrogens with one attached hydrogen (secondary N) is 1. The second-order valence-corrected chi connectivity index (χ2v) is 7.23. The van der Waals surface area contributed by atoms with Crippen molar-refractivity contribution in [3.05, 3.63) is 42.1 Å². The predicted molar refractivity (Wildman–Crippen MR) is 87.1 cm³/mol. The van der Waals surface area contributed by atoms with Crippen molar-refractivity contribution in [2.45, 2.75) is 52.0 Å². The highest BCUT2D eigenvalue weighted by atomic mass is 14.9. The third-order valence-electron chi connectivity index (χ3n) is 3.78. The molecule has 2 aromatic rings. The molecular weight excluding hydrogens is 244 g/mol. The summed E-state index contributed by atoms with van der Waals surface area (Å²) >= 11 is 0. The Bertz CT molecular complexity index is 579. The van der Waals surface area contributed by atoms with Gasteiger partial charge in [-0.25, -0.2) is 0 Å². The molecular formula is C18H26N2. The molecule has 2 heteroatoms. The van der Waals surface area contributed by atoms with Crippen LogP contribution in [0.2, 0.25) is 0 Å². The number of hydrogen-bond acceptors (Lipinski definition) is 2. The van der Waals surface area contributed by atoms with E-state index < -0.39 is 0 Å². The van der Waals surface area contributed by atoms with Gasteiger partial charge in [0.2, 0.25) is 0 Å². The largest absolute Gasteiger partial charge is 0.312 e. The molecule has 0 unspecified atom stereocenters. The summed E-state index contributed by atoms with van der Waals surface area (Å²) in [6.45, 7) is 12.2. The fourth-order valence-electron chi connectivity index (χ4n) is 2.34. The van der Waals surface area contributed by atoms with Gasteiger partial charge in [-0.2, -0.15) is 0 Å². The molecule has 0 saturated heterocycles. The van der Waals surface area contributed by atoms with Crippen molar-refractivity contribution in [1.29, 1.82) is 0 Å². The summed E-state index contributed by atoms with van der Waals surface area (Å²) in [6.07, 6.45) is 3.13. The monoisotopic (exact) mass is 270 g/mol. The van der Waals surface area contributed by atoms with Crippen LogP contribution in [-0.2, 0) is 5.41 Å². The van der Waals surface area contributed by atoms with Crippen LogP contribution in [-0.4, -0.2) is 17.1 Å². The van der Waals surface area contributed by atoms with Gasteiger partial charge in [-0.1, -0.05) is 32.0 Å². The van der Waals surface area contributed by atoms with Crippen molar-refractivity contribution >= 4 is 10.9 Å². The molecule has 0 amide bonds. The molecule has 2 nitrogen and oxygen atoms in total. The van der Waals surface area contributed by atoms with Crippen LogP contribution >= 0.6 is 0 Å². The van der Waals surface area contributed by atoms with E-state index in [2.05, 4.69) is 69.2 Å². The van der Waals surface area contributed by atoms with Crippen LogP contribution in [0.4, 0.5) is 0 Å². The van der Waals surface area contributed by atoms with Gasteiger partial charge in [-0.3, -0.25) is 4.98 Å². The lowest BCUT2D eigenvalue weighted by Gasteiger charge is -2.28. The van der Waals surface area contributed by atoms with Gasteiger partial charge in [-0.15, -0.1) is 0 Å². The summed E-state index contributed by atoms with van der Waals surface area (Å²) in [5.74, 6) is 0. The van der Waals surface area contributed by atoms with Gasteiger partial charge >= 0.3 is 0 Å². The number of aromatic nitrogens is 1. The van der Waals surface area contributed by atoms with Gasteiger partial charge in [0, 0.05) is 17.1 Å². The highest BCUT2D eigenvalue weighted by molar-refractivity contribution is 5.78. The average Bonchev–Trinajstić information content (AvgIpc) is 2.36. The number of nitrogens with zero attached hydrogens (tertiary/aromatic N) is 1. The first-order valence-electron chi connectivity index (χ1n) is 7.38. The molecule has 0 aliphatic heterocycles. The van der Waals surface area contributed by atoms with E-state index in [0.717, 1.165) is 18.5 Å². The summed E-state index contributed by atoms with van der Waals surface area (Å²) < 4.78 is 0. The molecule has 0 aliphatic rings. The van der Waals surface area contributed by atoms with Crippen LogP contribution in [0.15, 0.2) is 36.5 Å². The van der Waals surface area contributed by atoms with Gasteiger partial charge in [0.15, 0.2) is 0 Å². The second kappa shape index (κ2) is 5.53. The van der Waals surface area contributed by atoms with Crippen molar-refractivity contribution in [3.63, 3.8) is 0 Å². The first-order chi connectivity index (χ1) is 9.28. The number of rotatable bonds is 4. The third kappa shape index (κ3) is 3.80. The summed E-state index contributed by atoms with van der Waals surface area (Å²) in [5, 5.41) is 4.79. The lowest BCUT2D eigenvalue weighted by atomic mass is 9.82. The van der Waals surface area contributed by atoms with Crippen molar-refractivity contribution in [2.24, 2.45) is 0 Å². The molecule has 1 N–H and O–H groups in total. The van der Waals surface area contributed by atoms with Crippen LogP contribution in [0.1, 0.15) is 46.6 Å². The highest BCUT2D eigenvalue weighted by Gasteiger charge is 2.22. The molecule has 0 spiro atoms. The molecule has 20 heavy (non-hydrogen) atoms. The normalized spacial score (nSPS) is 12.8. The van der Waals surface area contributed by atoms with E-state index in [9.17, 15) is 0 Å². The first kappa shape index (κ1) is 15.0. The standard InChI is InChI=1S/C18H26N2/c1-17(2,3)20-11-10-18(4,5)15-12-14-8-6-7-9-16(14)19-13-15/h6-9,12-13,20H,10-11H2,1-5H3. The lowest BCUT2D eigenvalue weighted by Crippen LogP contribution is -2.38. The topological polar surface area (TPSA) is 24.9 Å². The summed E-state index contributed by atoms with van der Waals surface area (Å²) in [5.41, 5.74) is 2.69. The van der Waals surface area contributed by atoms with E-state index in [4.69, 9.17) is 0 Å². The van der Waals surface area contributed by atoms with Gasteiger partial charge < -0.3 is 5.32 Å². The fraction of sp³-hybridized carbons (Fsp3) is 0.500. The van der Waals surface area contributed by atoms with Crippen molar-refractivity contribution in [3.8, 4) is 0 Å². The SMILES string of the molecule is CC(C)(C)NCCC(C)(C)c1cnc2ccccc2c1. The van der Waals surface area contributed by atoms with E-state index in [0.29, 0.717) is 0 Å². The Morgan fingerprint density at radius 2 is 1.75 bits per heavy atom. The maximum atomic E-state index is 4.58. The minimum absolute atomic E-state index is 0.134. The van der Waals surface area contributed by atoms with E-state index >= 15 is 0 Å². The molecule has 0 atom stereocenters. The fourth-order valence-corrected chi connectivity index (χ4v) is 2.34. The lowest BCUT2D eigenvalue weighted by molar-refractivity contribution is 0.379. The number of fused-ring (bicyclic) bond motifs is 1. The quantitative estimate of drug-likeness (QED) is 0.896. The molecule has 1 aromatic carbocycles. The predicted octanol–water partition coefficient (Wildman–Crippen LogP) is 4.29. The molecule has 0 bridgehead atoms. The molecule has 0 saturated carbocycles. The molecule has 1 heterocycles. The molecule has 2 rings (SSSR count). The Morgan fingerprint density at radius 1 is 1.05 bits per heavy atom. The van der Waals surface area contributed by atoms with E-state index in [1.54, 1.807) is 0 Å². The van der Waals surface area contributed by atoms with Crippen LogP contribution in [0, 0.1) is 0 Å². The second-order valence-electron chi connectivity index (χ2n) is 7.23. The third-order valence-corrected chi connectivity index (χ3v) is 3.78. The number of para-hydroxylation sites is 1. The smallest absolute Gasteiger partial charge is 0.0702 e. The Kier molecular flexibility index (Phi) is 4.14.